The summed E-state index contributed by atoms with van der Waals surface area (Å²) in [6.45, 7) is 2.10. The minimum atomic E-state index is -0.267. The molecule has 18 heavy (non-hydrogen) atoms. The average molecular weight is 329 g/mol. The van der Waals surface area contributed by atoms with Crippen LogP contribution in [-0.4, -0.2) is 4.98 Å². The molecule has 2 nitrogen and oxygen atoms in total. The first-order valence-electron chi connectivity index (χ1n) is 5.78. The van der Waals surface area contributed by atoms with Crippen LogP contribution in [0.15, 0.2) is 28.1 Å². The first kappa shape index (κ1) is 13.6. The van der Waals surface area contributed by atoms with Crippen LogP contribution in [-0.2, 0) is 0 Å². The molecule has 0 bridgehead atoms. The Morgan fingerprint density at radius 1 is 1.50 bits per heavy atom. The molecule has 1 aromatic carbocycles. The topological polar surface area (TPSA) is 38.9 Å². The number of nitrogens with two attached hydrogens (primary N) is 1. The quantitative estimate of drug-likeness (QED) is 0.896. The summed E-state index contributed by atoms with van der Waals surface area (Å²) in [4.78, 5) is 4.52. The summed E-state index contributed by atoms with van der Waals surface area (Å²) < 4.78 is 13.6. The molecule has 1 aromatic heterocycles. The molecule has 0 radical (unpaired) electrons. The van der Waals surface area contributed by atoms with E-state index in [9.17, 15) is 4.39 Å². The van der Waals surface area contributed by atoms with Gasteiger partial charge in [0.25, 0.3) is 0 Å². The Hall–Kier alpha value is -0.780. The van der Waals surface area contributed by atoms with Crippen LogP contribution in [0, 0.1) is 5.82 Å². The standard InChI is InChI=1S/C13H14BrFN2S/c1-2-3-11(16)13-17-12(7-18-13)8-4-5-10(15)9(14)6-8/h4-7,11H,2-3,16H2,1H3. The van der Waals surface area contributed by atoms with Gasteiger partial charge in [-0.3, -0.25) is 0 Å². The zero-order valence-corrected chi connectivity index (χ0v) is 12.4. The van der Waals surface area contributed by atoms with Gasteiger partial charge < -0.3 is 5.73 Å². The van der Waals surface area contributed by atoms with Gasteiger partial charge in [0.05, 0.1) is 16.2 Å². The van der Waals surface area contributed by atoms with E-state index >= 15 is 0 Å². The van der Waals surface area contributed by atoms with Crippen LogP contribution >= 0.6 is 27.3 Å². The van der Waals surface area contributed by atoms with Crippen LogP contribution in [0.1, 0.15) is 30.8 Å². The molecule has 0 aliphatic heterocycles. The number of hydrogen-bond donors (Lipinski definition) is 1. The summed E-state index contributed by atoms with van der Waals surface area (Å²) in [5.74, 6) is -0.267. The number of aromatic nitrogens is 1. The van der Waals surface area contributed by atoms with Crippen molar-refractivity contribution in [3.63, 3.8) is 0 Å². The average Bonchev–Trinajstić information content (AvgIpc) is 2.82. The summed E-state index contributed by atoms with van der Waals surface area (Å²) in [5, 5.41) is 2.90. The molecule has 2 N–H and O–H groups in total. The molecule has 0 amide bonds. The van der Waals surface area contributed by atoms with Gasteiger partial charge in [0.2, 0.25) is 0 Å². The van der Waals surface area contributed by atoms with E-state index in [1.165, 1.54) is 6.07 Å². The van der Waals surface area contributed by atoms with E-state index in [0.29, 0.717) is 4.47 Å². The molecule has 0 spiro atoms. The third kappa shape index (κ3) is 2.96. The second-order valence-corrected chi connectivity index (χ2v) is 5.84. The maximum atomic E-state index is 13.2. The van der Waals surface area contributed by atoms with Crippen molar-refractivity contribution in [3.05, 3.63) is 38.9 Å². The normalized spacial score (nSPS) is 12.7. The van der Waals surface area contributed by atoms with Gasteiger partial charge in [0, 0.05) is 10.9 Å². The molecule has 0 saturated heterocycles. The number of hydrogen-bond acceptors (Lipinski definition) is 3. The van der Waals surface area contributed by atoms with E-state index in [1.54, 1.807) is 23.5 Å². The van der Waals surface area contributed by atoms with Crippen LogP contribution in [0.4, 0.5) is 4.39 Å². The number of thiazole rings is 1. The Balaban J connectivity index is 2.26. The third-order valence-electron chi connectivity index (χ3n) is 2.65. The van der Waals surface area contributed by atoms with Crippen molar-refractivity contribution in [1.82, 2.24) is 4.98 Å². The molecule has 0 saturated carbocycles. The predicted octanol–water partition coefficient (Wildman–Crippen LogP) is 4.51. The minimum absolute atomic E-state index is 0.00219. The Morgan fingerprint density at radius 3 is 2.94 bits per heavy atom. The van der Waals surface area contributed by atoms with Crippen molar-refractivity contribution in [2.75, 3.05) is 0 Å². The van der Waals surface area contributed by atoms with Gasteiger partial charge in [-0.2, -0.15) is 0 Å². The number of rotatable bonds is 4. The molecular weight excluding hydrogens is 315 g/mol. The smallest absolute Gasteiger partial charge is 0.137 e. The van der Waals surface area contributed by atoms with Crippen LogP contribution in [0.3, 0.4) is 0 Å². The van der Waals surface area contributed by atoms with Crippen LogP contribution in [0.5, 0.6) is 0 Å². The van der Waals surface area contributed by atoms with Gasteiger partial charge >= 0.3 is 0 Å². The third-order valence-corrected chi connectivity index (χ3v) is 4.24. The van der Waals surface area contributed by atoms with Crippen LogP contribution < -0.4 is 5.73 Å². The van der Waals surface area contributed by atoms with E-state index < -0.39 is 0 Å². The molecule has 5 heteroatoms. The Kier molecular flexibility index (Phi) is 4.48. The van der Waals surface area contributed by atoms with E-state index in [-0.39, 0.29) is 11.9 Å². The fourth-order valence-electron chi connectivity index (χ4n) is 1.68. The highest BCUT2D eigenvalue weighted by molar-refractivity contribution is 9.10. The lowest BCUT2D eigenvalue weighted by atomic mass is 10.1. The Bertz CT molecular complexity index is 542. The molecular formula is C13H14BrFN2S. The molecule has 0 aliphatic carbocycles. The van der Waals surface area contributed by atoms with Gasteiger partial charge in [-0.25, -0.2) is 9.37 Å². The predicted molar refractivity (Wildman–Crippen MR) is 77.0 cm³/mol. The first-order valence-corrected chi connectivity index (χ1v) is 7.45. The molecule has 1 unspecified atom stereocenters. The number of nitrogens with zero attached hydrogens (tertiary/aromatic N) is 1. The Labute approximate surface area is 118 Å². The summed E-state index contributed by atoms with van der Waals surface area (Å²) in [6, 6.07) is 4.89. The maximum Gasteiger partial charge on any atom is 0.137 e. The minimum Gasteiger partial charge on any atom is -0.322 e. The van der Waals surface area contributed by atoms with Gasteiger partial charge in [0.15, 0.2) is 0 Å². The lowest BCUT2D eigenvalue weighted by Crippen LogP contribution is -2.09. The molecule has 1 atom stereocenters. The second kappa shape index (κ2) is 5.91. The van der Waals surface area contributed by atoms with E-state index in [4.69, 9.17) is 5.73 Å². The summed E-state index contributed by atoms with van der Waals surface area (Å²) in [7, 11) is 0. The van der Waals surface area contributed by atoms with Crippen molar-refractivity contribution in [2.45, 2.75) is 25.8 Å². The molecule has 2 aromatic rings. The summed E-state index contributed by atoms with van der Waals surface area (Å²) in [6.07, 6.45) is 1.97. The van der Waals surface area contributed by atoms with Crippen molar-refractivity contribution in [1.29, 1.82) is 0 Å². The summed E-state index contributed by atoms with van der Waals surface area (Å²) >= 11 is 4.74. The zero-order valence-electron chi connectivity index (χ0n) is 9.99. The highest BCUT2D eigenvalue weighted by Gasteiger charge is 2.11. The van der Waals surface area contributed by atoms with Gasteiger partial charge in [0.1, 0.15) is 10.8 Å². The van der Waals surface area contributed by atoms with Gasteiger partial charge in [-0.15, -0.1) is 11.3 Å². The van der Waals surface area contributed by atoms with Crippen molar-refractivity contribution >= 4 is 27.3 Å². The van der Waals surface area contributed by atoms with E-state index in [1.807, 2.05) is 5.38 Å². The second-order valence-electron chi connectivity index (χ2n) is 4.10. The highest BCUT2D eigenvalue weighted by Crippen LogP contribution is 2.28. The molecule has 1 heterocycles. The van der Waals surface area contributed by atoms with Crippen LogP contribution in [0.25, 0.3) is 11.3 Å². The highest BCUT2D eigenvalue weighted by atomic mass is 79.9. The molecule has 0 fully saturated rings. The fraction of sp³-hybridized carbons (Fsp3) is 0.308. The zero-order chi connectivity index (χ0) is 13.1. The number of benzene rings is 1. The van der Waals surface area contributed by atoms with Gasteiger partial charge in [-0.05, 0) is 40.5 Å². The van der Waals surface area contributed by atoms with Crippen molar-refractivity contribution < 1.29 is 4.39 Å². The van der Waals surface area contributed by atoms with E-state index in [0.717, 1.165) is 29.1 Å². The molecule has 96 valence electrons. The van der Waals surface area contributed by atoms with E-state index in [2.05, 4.69) is 27.8 Å². The lowest BCUT2D eigenvalue weighted by molar-refractivity contribution is 0.621. The SMILES string of the molecule is CCCC(N)c1nc(-c2ccc(F)c(Br)c2)cs1. The summed E-state index contributed by atoms with van der Waals surface area (Å²) in [5.41, 5.74) is 7.78. The molecule has 2 rings (SSSR count). The largest absolute Gasteiger partial charge is 0.322 e. The van der Waals surface area contributed by atoms with Gasteiger partial charge in [-0.1, -0.05) is 13.3 Å². The van der Waals surface area contributed by atoms with Crippen molar-refractivity contribution in [2.24, 2.45) is 5.73 Å². The Morgan fingerprint density at radius 2 is 2.28 bits per heavy atom. The molecule has 0 aliphatic rings. The fourth-order valence-corrected chi connectivity index (χ4v) is 2.92. The first-order chi connectivity index (χ1) is 8.61. The monoisotopic (exact) mass is 328 g/mol. The van der Waals surface area contributed by atoms with Crippen LogP contribution in [0.2, 0.25) is 0 Å². The van der Waals surface area contributed by atoms with Crippen molar-refractivity contribution in [3.8, 4) is 11.3 Å². The maximum absolute atomic E-state index is 13.2. The lowest BCUT2D eigenvalue weighted by Gasteiger charge is -2.05. The number of halogens is 2.